The normalized spacial score (nSPS) is 10.5. The van der Waals surface area contributed by atoms with E-state index in [1.165, 1.54) is 5.56 Å². The van der Waals surface area contributed by atoms with Crippen molar-refractivity contribution in [2.24, 2.45) is 0 Å². The minimum atomic E-state index is 0.812. The second-order valence-electron chi connectivity index (χ2n) is 4.51. The summed E-state index contributed by atoms with van der Waals surface area (Å²) in [5.41, 5.74) is 2.49. The standard InChI is InChI=1S/C16H21N3/c1-2-7-15(8-3-1)9-6-11-17-14-18-13-16-10-4-5-12-19-16/h1-5,7-8,10,12,17-18H,6,9,11,13-14H2. The number of hydrogen-bond donors (Lipinski definition) is 2. The monoisotopic (exact) mass is 255 g/mol. The van der Waals surface area contributed by atoms with Crippen LogP contribution in [0.25, 0.3) is 0 Å². The quantitative estimate of drug-likeness (QED) is 0.561. The highest BCUT2D eigenvalue weighted by molar-refractivity contribution is 5.14. The second kappa shape index (κ2) is 8.40. The number of benzene rings is 1. The predicted molar refractivity (Wildman–Crippen MR) is 78.7 cm³/mol. The molecule has 1 aromatic heterocycles. The lowest BCUT2D eigenvalue weighted by molar-refractivity contribution is 0.564. The third-order valence-corrected chi connectivity index (χ3v) is 2.94. The fourth-order valence-corrected chi connectivity index (χ4v) is 1.93. The van der Waals surface area contributed by atoms with E-state index in [-0.39, 0.29) is 0 Å². The van der Waals surface area contributed by atoms with Crippen molar-refractivity contribution in [3.8, 4) is 0 Å². The number of aryl methyl sites for hydroxylation is 1. The summed E-state index contributed by atoms with van der Waals surface area (Å²) in [6.07, 6.45) is 4.12. The van der Waals surface area contributed by atoms with E-state index >= 15 is 0 Å². The van der Waals surface area contributed by atoms with E-state index in [0.29, 0.717) is 0 Å². The number of rotatable bonds is 8. The molecule has 0 radical (unpaired) electrons. The lowest BCUT2D eigenvalue weighted by Gasteiger charge is -2.06. The van der Waals surface area contributed by atoms with E-state index in [9.17, 15) is 0 Å². The Kier molecular flexibility index (Phi) is 6.07. The van der Waals surface area contributed by atoms with Crippen molar-refractivity contribution in [3.05, 3.63) is 66.0 Å². The van der Waals surface area contributed by atoms with Gasteiger partial charge in [0.15, 0.2) is 0 Å². The maximum Gasteiger partial charge on any atom is 0.0542 e. The van der Waals surface area contributed by atoms with E-state index < -0.39 is 0 Å². The molecule has 0 saturated carbocycles. The van der Waals surface area contributed by atoms with Crippen molar-refractivity contribution in [2.45, 2.75) is 19.4 Å². The zero-order chi connectivity index (χ0) is 13.2. The van der Waals surface area contributed by atoms with Crippen molar-refractivity contribution >= 4 is 0 Å². The van der Waals surface area contributed by atoms with Crippen LogP contribution >= 0.6 is 0 Å². The van der Waals surface area contributed by atoms with Crippen LogP contribution < -0.4 is 10.6 Å². The number of hydrogen-bond acceptors (Lipinski definition) is 3. The van der Waals surface area contributed by atoms with Crippen LogP contribution in [0.5, 0.6) is 0 Å². The molecule has 0 spiro atoms. The molecule has 19 heavy (non-hydrogen) atoms. The summed E-state index contributed by atoms with van der Waals surface area (Å²) in [6.45, 7) is 2.67. The first kappa shape index (κ1) is 13.7. The largest absolute Gasteiger partial charge is 0.304 e. The molecule has 0 unspecified atom stereocenters. The van der Waals surface area contributed by atoms with Gasteiger partial charge in [-0.15, -0.1) is 0 Å². The molecule has 0 fully saturated rings. The van der Waals surface area contributed by atoms with Gasteiger partial charge in [0.1, 0.15) is 0 Å². The van der Waals surface area contributed by atoms with Crippen LogP contribution in [0.4, 0.5) is 0 Å². The van der Waals surface area contributed by atoms with Crippen molar-refractivity contribution in [1.82, 2.24) is 15.6 Å². The lowest BCUT2D eigenvalue weighted by Crippen LogP contribution is -2.29. The highest BCUT2D eigenvalue weighted by Crippen LogP contribution is 2.01. The molecule has 0 aliphatic rings. The maximum atomic E-state index is 4.26. The van der Waals surface area contributed by atoms with Crippen LogP contribution in [-0.4, -0.2) is 18.2 Å². The van der Waals surface area contributed by atoms with E-state index in [0.717, 1.165) is 38.3 Å². The Balaban J connectivity index is 1.49. The number of aromatic nitrogens is 1. The number of nitrogens with zero attached hydrogens (tertiary/aromatic N) is 1. The fourth-order valence-electron chi connectivity index (χ4n) is 1.93. The molecule has 0 amide bonds. The molecule has 0 aliphatic carbocycles. The van der Waals surface area contributed by atoms with Crippen molar-refractivity contribution < 1.29 is 0 Å². The molecule has 2 aromatic rings. The van der Waals surface area contributed by atoms with Gasteiger partial charge in [-0.25, -0.2) is 0 Å². The smallest absolute Gasteiger partial charge is 0.0542 e. The third-order valence-electron chi connectivity index (χ3n) is 2.94. The van der Waals surface area contributed by atoms with Crippen LogP contribution in [0, 0.1) is 0 Å². The topological polar surface area (TPSA) is 37.0 Å². The minimum Gasteiger partial charge on any atom is -0.304 e. The van der Waals surface area contributed by atoms with Gasteiger partial charge in [0.25, 0.3) is 0 Å². The molecule has 2 N–H and O–H groups in total. The summed E-state index contributed by atoms with van der Waals surface area (Å²) in [7, 11) is 0. The predicted octanol–water partition coefficient (Wildman–Crippen LogP) is 2.35. The molecule has 100 valence electrons. The second-order valence-corrected chi connectivity index (χ2v) is 4.51. The van der Waals surface area contributed by atoms with Crippen LogP contribution in [0.3, 0.4) is 0 Å². The Morgan fingerprint density at radius 2 is 1.74 bits per heavy atom. The van der Waals surface area contributed by atoms with Crippen molar-refractivity contribution in [1.29, 1.82) is 0 Å². The Bertz CT molecular complexity index is 399. The van der Waals surface area contributed by atoms with Crippen molar-refractivity contribution in [2.75, 3.05) is 13.2 Å². The van der Waals surface area contributed by atoms with Gasteiger partial charge in [0.05, 0.1) is 5.69 Å². The fraction of sp³-hybridized carbons (Fsp3) is 0.312. The molecule has 3 nitrogen and oxygen atoms in total. The molecule has 1 aromatic carbocycles. The van der Waals surface area contributed by atoms with Gasteiger partial charge in [-0.1, -0.05) is 36.4 Å². The summed E-state index contributed by atoms with van der Waals surface area (Å²) >= 11 is 0. The van der Waals surface area contributed by atoms with E-state index in [1.807, 2.05) is 24.4 Å². The van der Waals surface area contributed by atoms with Crippen LogP contribution in [0.15, 0.2) is 54.7 Å². The first-order valence-electron chi connectivity index (χ1n) is 6.80. The van der Waals surface area contributed by atoms with Crippen LogP contribution in [-0.2, 0) is 13.0 Å². The zero-order valence-corrected chi connectivity index (χ0v) is 11.2. The summed E-state index contributed by atoms with van der Waals surface area (Å²) in [5.74, 6) is 0. The zero-order valence-electron chi connectivity index (χ0n) is 11.2. The molecule has 1 heterocycles. The van der Waals surface area contributed by atoms with Gasteiger partial charge >= 0.3 is 0 Å². The molecule has 0 atom stereocenters. The van der Waals surface area contributed by atoms with Gasteiger partial charge in [-0.2, -0.15) is 0 Å². The van der Waals surface area contributed by atoms with E-state index in [4.69, 9.17) is 0 Å². The van der Waals surface area contributed by atoms with Gasteiger partial charge < -0.3 is 5.32 Å². The average Bonchev–Trinajstić information content (AvgIpc) is 2.48. The molecular formula is C16H21N3. The van der Waals surface area contributed by atoms with Gasteiger partial charge in [-0.3, -0.25) is 10.3 Å². The van der Waals surface area contributed by atoms with Crippen LogP contribution in [0.2, 0.25) is 0 Å². The SMILES string of the molecule is c1ccc(CCCNCNCc2ccccn2)cc1. The summed E-state index contributed by atoms with van der Waals surface area (Å²) < 4.78 is 0. The first-order valence-corrected chi connectivity index (χ1v) is 6.80. The highest BCUT2D eigenvalue weighted by atomic mass is 15.1. The van der Waals surface area contributed by atoms with Gasteiger partial charge in [0.2, 0.25) is 0 Å². The van der Waals surface area contributed by atoms with Gasteiger partial charge in [-0.05, 0) is 37.1 Å². The summed E-state index contributed by atoms with van der Waals surface area (Å²) in [6, 6.07) is 16.6. The Labute approximate surface area is 115 Å². The van der Waals surface area contributed by atoms with Crippen LogP contribution in [0.1, 0.15) is 17.7 Å². The molecule has 0 aliphatic heterocycles. The number of nitrogens with one attached hydrogen (secondary N) is 2. The molecule has 2 rings (SSSR count). The maximum absolute atomic E-state index is 4.26. The van der Waals surface area contributed by atoms with Crippen molar-refractivity contribution in [3.63, 3.8) is 0 Å². The first-order chi connectivity index (χ1) is 9.45. The Hall–Kier alpha value is -1.71. The Morgan fingerprint density at radius 3 is 2.53 bits per heavy atom. The molecule has 0 saturated heterocycles. The lowest BCUT2D eigenvalue weighted by atomic mass is 10.1. The highest BCUT2D eigenvalue weighted by Gasteiger charge is 1.93. The number of pyridine rings is 1. The Morgan fingerprint density at radius 1 is 0.895 bits per heavy atom. The molecule has 3 heteroatoms. The summed E-state index contributed by atoms with van der Waals surface area (Å²) in [5, 5.41) is 6.71. The minimum absolute atomic E-state index is 0.812. The molecule has 0 bridgehead atoms. The average molecular weight is 255 g/mol. The van der Waals surface area contributed by atoms with Gasteiger partial charge in [0, 0.05) is 19.4 Å². The van der Waals surface area contributed by atoms with E-state index in [2.05, 4.69) is 45.9 Å². The summed E-state index contributed by atoms with van der Waals surface area (Å²) in [4.78, 5) is 4.26. The van der Waals surface area contributed by atoms with E-state index in [1.54, 1.807) is 0 Å². The molecular weight excluding hydrogens is 234 g/mol. The third kappa shape index (κ3) is 5.64.